The first kappa shape index (κ1) is 74.1. The van der Waals surface area contributed by atoms with E-state index in [4.69, 9.17) is 45.9 Å². The van der Waals surface area contributed by atoms with E-state index in [1.165, 1.54) is 25.6 Å². The Labute approximate surface area is 477 Å². The van der Waals surface area contributed by atoms with Crippen molar-refractivity contribution < 1.29 is 62.6 Å². The van der Waals surface area contributed by atoms with Crippen molar-refractivity contribution in [3.63, 3.8) is 0 Å². The second kappa shape index (κ2) is 41.1. The number of carboxylic acids is 1. The third-order valence-electron chi connectivity index (χ3n) is 12.4. The van der Waals surface area contributed by atoms with Crippen molar-refractivity contribution in [3.05, 3.63) is 0 Å². The van der Waals surface area contributed by atoms with Crippen LogP contribution in [-0.4, -0.2) is 181 Å². The maximum absolute atomic E-state index is 14.1. The molecule has 11 amide bonds. The second-order valence-electron chi connectivity index (χ2n) is 19.8. The van der Waals surface area contributed by atoms with Gasteiger partial charge in [-0.1, -0.05) is 20.3 Å². The lowest BCUT2D eigenvalue weighted by atomic mass is 10.0. The van der Waals surface area contributed by atoms with Crippen molar-refractivity contribution in [2.24, 2.45) is 56.8 Å². The summed E-state index contributed by atoms with van der Waals surface area (Å²) in [6.45, 7) is 6.74. The number of rotatable bonds is 44. The molecule has 0 spiro atoms. The Bertz CT molecular complexity index is 2100. The number of unbranched alkanes of at least 4 members (excludes halogenated alkanes) is 3. The minimum absolute atomic E-state index is 0.0483. The number of nitrogens with two attached hydrogens (primary N) is 8. The maximum Gasteiger partial charge on any atom is 0.326 e. The summed E-state index contributed by atoms with van der Waals surface area (Å²) in [4.78, 5) is 162. The number of primary amides is 2. The van der Waals surface area contributed by atoms with Crippen LogP contribution in [0.15, 0.2) is 4.99 Å². The summed E-state index contributed by atoms with van der Waals surface area (Å²) in [5, 5.41) is 32.1. The summed E-state index contributed by atoms with van der Waals surface area (Å²) < 4.78 is 0. The lowest BCUT2D eigenvalue weighted by Gasteiger charge is -2.28. The summed E-state index contributed by atoms with van der Waals surface area (Å²) in [6.07, 6.45) is 3.80. The average molecular weight is 1170 g/mol. The second-order valence-corrected chi connectivity index (χ2v) is 20.7. The summed E-state index contributed by atoms with van der Waals surface area (Å²) in [5.41, 5.74) is 44.5. The molecule has 0 aromatic rings. The molecule has 0 rings (SSSR count). The minimum atomic E-state index is -1.70. The third-order valence-corrected chi connectivity index (χ3v) is 13.0. The summed E-state index contributed by atoms with van der Waals surface area (Å²) in [6, 6.07) is -13.3. The smallest absolute Gasteiger partial charge is 0.326 e. The van der Waals surface area contributed by atoms with E-state index in [2.05, 4.69) is 52.8 Å². The summed E-state index contributed by atoms with van der Waals surface area (Å²) in [5.74, 6) is -11.3. The van der Waals surface area contributed by atoms with Crippen LogP contribution in [0, 0.1) is 5.92 Å². The van der Waals surface area contributed by atoms with Gasteiger partial charge in [0.2, 0.25) is 65.0 Å². The van der Waals surface area contributed by atoms with Crippen molar-refractivity contribution in [2.45, 2.75) is 184 Å². The van der Waals surface area contributed by atoms with Crippen LogP contribution in [0.3, 0.4) is 0 Å². The number of amides is 11. The van der Waals surface area contributed by atoms with Crippen LogP contribution in [0.2, 0.25) is 0 Å². The molecule has 0 bridgehead atoms. The van der Waals surface area contributed by atoms with Gasteiger partial charge >= 0.3 is 5.97 Å². The molecule has 0 aromatic heterocycles. The number of nitrogens with one attached hydrogen (secondary N) is 9. The fourth-order valence-electron chi connectivity index (χ4n) is 7.62. The SMILES string of the molecule is CSCC[C@@H](NC(=O)[C@@H](CCCN=C(N)N)NC(=O)[C@@H](N)CCCCN)C(=O)N[C@H](CCCCN)C(=O)N[C@@H](C(=O)N[C@@H](C)C(=O)N[C@@H](CCCCN)C(=O)N[C@H](CC(N)=O)C(=O)N[C@H](C)C(=O)N[C@H](CCC(N)=O)C(=O)O)C(C)C. The molecule has 0 saturated heterocycles. The zero-order valence-electron chi connectivity index (χ0n) is 47.3. The minimum Gasteiger partial charge on any atom is -0.480 e. The van der Waals surface area contributed by atoms with Crippen LogP contribution in [0.4, 0.5) is 0 Å². The van der Waals surface area contributed by atoms with Crippen LogP contribution >= 0.6 is 11.8 Å². The van der Waals surface area contributed by atoms with Crippen molar-refractivity contribution in [1.82, 2.24) is 47.9 Å². The van der Waals surface area contributed by atoms with E-state index < -0.39 is 144 Å². The number of carbonyl (C=O) groups is 12. The van der Waals surface area contributed by atoms with Gasteiger partial charge in [-0.2, -0.15) is 11.8 Å². The van der Waals surface area contributed by atoms with Crippen LogP contribution in [0.25, 0.3) is 0 Å². The van der Waals surface area contributed by atoms with Crippen molar-refractivity contribution >= 4 is 88.7 Å². The van der Waals surface area contributed by atoms with Gasteiger partial charge in [0.05, 0.1) is 12.5 Å². The zero-order valence-corrected chi connectivity index (χ0v) is 48.1. The number of thioether (sulfide) groups is 1. The van der Waals surface area contributed by atoms with Crippen LogP contribution in [0.1, 0.15) is 124 Å². The molecule has 0 saturated carbocycles. The summed E-state index contributed by atoms with van der Waals surface area (Å²) >= 11 is 1.39. The van der Waals surface area contributed by atoms with Gasteiger partial charge in [0.25, 0.3) is 0 Å². The Morgan fingerprint density at radius 3 is 1.27 bits per heavy atom. The largest absolute Gasteiger partial charge is 0.480 e. The van der Waals surface area contributed by atoms with Crippen molar-refractivity contribution in [2.75, 3.05) is 38.2 Å². The van der Waals surface area contributed by atoms with Crippen molar-refractivity contribution in [3.8, 4) is 0 Å². The Morgan fingerprint density at radius 1 is 0.444 bits per heavy atom. The molecule has 31 nitrogen and oxygen atoms in total. The average Bonchev–Trinajstić information content (AvgIpc) is 3.41. The highest BCUT2D eigenvalue weighted by Crippen LogP contribution is 2.11. The molecular formula is C49H92N18O13S. The van der Waals surface area contributed by atoms with E-state index in [1.807, 2.05) is 0 Å². The van der Waals surface area contributed by atoms with Crippen molar-refractivity contribution in [1.29, 1.82) is 0 Å². The molecule has 0 aliphatic carbocycles. The topological polar surface area (TPSA) is 554 Å². The molecule has 0 aromatic carbocycles. The molecule has 0 fully saturated rings. The standard InChI is InChI=1S/C49H92N18O13S/c1-26(2)38(67-45(76)31(15-8-11-22-52)63-44(75)33(19-24-81-5)64-42(73)32(16-12-23-58-49(56)57)62-41(72)29(53)13-6-9-20-50)47(78)60-28(4)39(70)61-30(14-7-10-21-51)43(74)66-35(25-37(55)69)46(77)59-27(3)40(71)65-34(48(79)80)17-18-36(54)68/h26-35,38H,6-25,50-53H2,1-5H3,(H2,54,68)(H2,55,69)(H,59,77)(H,60,78)(H,61,70)(H,62,72)(H,63,75)(H,64,73)(H,65,71)(H,66,74)(H,67,76)(H,79,80)(H4,56,57,58)/t27-,28+,29+,30+,31-,32-,33-,34-,35-,38-/m1/s1. The van der Waals surface area contributed by atoms with E-state index in [0.29, 0.717) is 50.8 Å². The summed E-state index contributed by atoms with van der Waals surface area (Å²) in [7, 11) is 0. The van der Waals surface area contributed by atoms with Gasteiger partial charge in [-0.05, 0) is 128 Å². The zero-order chi connectivity index (χ0) is 61.8. The Kier molecular flexibility index (Phi) is 37.6. The molecular weight excluding hydrogens is 1080 g/mol. The number of hydrogen-bond donors (Lipinski definition) is 18. The van der Waals surface area contributed by atoms with E-state index in [9.17, 15) is 62.6 Å². The molecule has 32 heteroatoms. The molecule has 0 heterocycles. The number of aliphatic carboxylic acids is 1. The monoisotopic (exact) mass is 1170 g/mol. The highest BCUT2D eigenvalue weighted by atomic mass is 32.2. The maximum atomic E-state index is 14.1. The van der Waals surface area contributed by atoms with E-state index in [1.54, 1.807) is 20.1 Å². The van der Waals surface area contributed by atoms with Gasteiger partial charge in [0, 0.05) is 13.0 Å². The molecule has 0 aliphatic heterocycles. The van der Waals surface area contributed by atoms with Gasteiger partial charge < -0.3 is 98.8 Å². The first-order valence-corrected chi connectivity index (χ1v) is 28.5. The fourth-order valence-corrected chi connectivity index (χ4v) is 8.09. The number of aliphatic imine (C=N–C) groups is 1. The molecule has 462 valence electrons. The number of guanidine groups is 1. The molecule has 26 N–H and O–H groups in total. The predicted octanol–water partition coefficient (Wildman–Crippen LogP) is -6.21. The van der Waals surface area contributed by atoms with Gasteiger partial charge in [-0.3, -0.25) is 57.7 Å². The lowest BCUT2D eigenvalue weighted by Crippen LogP contribution is -2.61. The highest BCUT2D eigenvalue weighted by Gasteiger charge is 2.35. The van der Waals surface area contributed by atoms with Crippen LogP contribution in [0.5, 0.6) is 0 Å². The fraction of sp³-hybridized carbons (Fsp3) is 0.735. The molecule has 0 unspecified atom stereocenters. The third kappa shape index (κ3) is 31.6. The number of hydrogen-bond acceptors (Lipinski definition) is 18. The first-order valence-electron chi connectivity index (χ1n) is 27.1. The Balaban J connectivity index is 6.44. The number of carbonyl (C=O) groups excluding carboxylic acids is 11. The number of nitrogens with zero attached hydrogens (tertiary/aromatic N) is 1. The van der Waals surface area contributed by atoms with E-state index in [-0.39, 0.29) is 77.0 Å². The van der Waals surface area contributed by atoms with Crippen LogP contribution < -0.4 is 93.7 Å². The number of carboxylic acid groups (broad SMARTS) is 1. The molecule has 0 radical (unpaired) electrons. The normalized spacial score (nSPS) is 14.7. The van der Waals surface area contributed by atoms with Gasteiger partial charge in [-0.25, -0.2) is 4.79 Å². The first-order chi connectivity index (χ1) is 38.1. The van der Waals surface area contributed by atoms with Crippen LogP contribution in [-0.2, 0) is 57.5 Å². The van der Waals surface area contributed by atoms with Gasteiger partial charge in [-0.15, -0.1) is 0 Å². The van der Waals surface area contributed by atoms with E-state index >= 15 is 0 Å². The molecule has 81 heavy (non-hydrogen) atoms. The Morgan fingerprint density at radius 2 is 0.840 bits per heavy atom. The van der Waals surface area contributed by atoms with Gasteiger partial charge in [0.15, 0.2) is 5.96 Å². The predicted molar refractivity (Wildman–Crippen MR) is 303 cm³/mol. The molecule has 0 aliphatic rings. The molecule has 10 atom stereocenters. The van der Waals surface area contributed by atoms with Gasteiger partial charge in [0.1, 0.15) is 54.4 Å². The Hall–Kier alpha value is -6.90. The lowest BCUT2D eigenvalue weighted by molar-refractivity contribution is -0.142. The highest BCUT2D eigenvalue weighted by molar-refractivity contribution is 7.98. The quantitative estimate of drug-likeness (QED) is 0.0153. The van der Waals surface area contributed by atoms with E-state index in [0.717, 1.165) is 0 Å².